The lowest BCUT2D eigenvalue weighted by Gasteiger charge is -2.26. The van der Waals surface area contributed by atoms with Gasteiger partial charge >= 0.3 is 0 Å². The molecule has 0 saturated carbocycles. The van der Waals surface area contributed by atoms with Crippen LogP contribution in [-0.2, 0) is 0 Å². The molecule has 0 saturated heterocycles. The van der Waals surface area contributed by atoms with Crippen molar-refractivity contribution in [2.45, 2.75) is 19.3 Å². The van der Waals surface area contributed by atoms with Crippen molar-refractivity contribution in [3.63, 3.8) is 0 Å². The van der Waals surface area contributed by atoms with E-state index in [9.17, 15) is 8.78 Å². The van der Waals surface area contributed by atoms with Crippen LogP contribution in [0.5, 0.6) is 0 Å². The number of halogens is 4. The van der Waals surface area contributed by atoms with E-state index in [0.29, 0.717) is 6.00 Å². The van der Waals surface area contributed by atoms with Gasteiger partial charge in [-0.3, -0.25) is 0 Å². The zero-order chi connectivity index (χ0) is 18.3. The molecule has 2 rings (SSSR count). The Labute approximate surface area is 177 Å². The van der Waals surface area contributed by atoms with E-state index in [0.717, 1.165) is 47.0 Å². The highest BCUT2D eigenvalue weighted by Gasteiger charge is 2.11. The van der Waals surface area contributed by atoms with Gasteiger partial charge in [-0.15, -0.1) is 0 Å². The number of alkyl halides is 1. The van der Waals surface area contributed by atoms with Crippen molar-refractivity contribution in [3.8, 4) is 0 Å². The SMILES string of the molecule is C[N+](C)(CCl)CCCCC=C(c1ccc(F)cc1)c1ccc(F)cc1.[I-]. The summed E-state index contributed by atoms with van der Waals surface area (Å²) >= 11 is 5.94. The molecule has 0 atom stereocenters. The number of benzene rings is 2. The Morgan fingerprint density at radius 3 is 1.77 bits per heavy atom. The quantitative estimate of drug-likeness (QED) is 0.175. The van der Waals surface area contributed by atoms with E-state index < -0.39 is 0 Å². The molecule has 1 nitrogen and oxygen atoms in total. The van der Waals surface area contributed by atoms with Gasteiger partial charge in [0, 0.05) is 0 Å². The fraction of sp³-hybridized carbons (Fsp3) is 0.333. The lowest BCUT2D eigenvalue weighted by Crippen LogP contribution is -3.00. The van der Waals surface area contributed by atoms with Gasteiger partial charge in [0.15, 0.2) is 6.00 Å². The number of hydrogen-bond acceptors (Lipinski definition) is 0. The van der Waals surface area contributed by atoms with Crippen LogP contribution >= 0.6 is 11.6 Å². The molecule has 2 aromatic carbocycles. The third-order valence-electron chi connectivity index (χ3n) is 4.20. The predicted octanol–water partition coefficient (Wildman–Crippen LogP) is 2.84. The minimum atomic E-state index is -0.261. The van der Waals surface area contributed by atoms with E-state index in [1.54, 1.807) is 24.3 Å². The zero-order valence-corrected chi connectivity index (χ0v) is 18.1. The maximum atomic E-state index is 13.2. The van der Waals surface area contributed by atoms with Gasteiger partial charge in [0.25, 0.3) is 0 Å². The monoisotopic (exact) mass is 491 g/mol. The topological polar surface area (TPSA) is 0 Å². The van der Waals surface area contributed by atoms with Crippen LogP contribution in [0.25, 0.3) is 5.57 Å². The Balaban J connectivity index is 0.00000338. The molecule has 0 unspecified atom stereocenters. The van der Waals surface area contributed by atoms with E-state index in [1.807, 2.05) is 0 Å². The van der Waals surface area contributed by atoms with Crippen LogP contribution < -0.4 is 24.0 Å². The normalized spacial score (nSPS) is 11.0. The van der Waals surface area contributed by atoms with Gasteiger partial charge in [-0.2, -0.15) is 0 Å². The first-order chi connectivity index (χ1) is 11.9. The Morgan fingerprint density at radius 1 is 0.885 bits per heavy atom. The van der Waals surface area contributed by atoms with Gasteiger partial charge < -0.3 is 28.5 Å². The minimum absolute atomic E-state index is 0. The van der Waals surface area contributed by atoms with Crippen molar-refractivity contribution >= 4 is 17.2 Å². The number of hydrogen-bond donors (Lipinski definition) is 0. The van der Waals surface area contributed by atoms with E-state index in [2.05, 4.69) is 20.2 Å². The minimum Gasteiger partial charge on any atom is -1.00 e. The number of rotatable bonds is 8. The van der Waals surface area contributed by atoms with Crippen LogP contribution in [-0.4, -0.2) is 31.1 Å². The summed E-state index contributed by atoms with van der Waals surface area (Å²) in [6, 6.07) is 13.5. The maximum Gasteiger partial charge on any atom is 0.154 e. The first-order valence-electron chi connectivity index (χ1n) is 8.51. The van der Waals surface area contributed by atoms with Crippen molar-refractivity contribution in [1.29, 1.82) is 0 Å². The molecule has 0 aromatic heterocycles. The van der Waals surface area contributed by atoms with Crippen LogP contribution in [0.15, 0.2) is 54.6 Å². The second-order valence-electron chi connectivity index (χ2n) is 6.91. The second kappa shape index (κ2) is 11.0. The highest BCUT2D eigenvalue weighted by molar-refractivity contribution is 6.16. The third kappa shape index (κ3) is 7.33. The molecule has 0 fully saturated rings. The maximum absolute atomic E-state index is 13.2. The van der Waals surface area contributed by atoms with Crippen molar-refractivity contribution < 1.29 is 37.2 Å². The van der Waals surface area contributed by atoms with Crippen LogP contribution in [0, 0.1) is 11.6 Å². The molecular formula is C21H25ClF2IN. The molecule has 0 spiro atoms. The summed E-state index contributed by atoms with van der Waals surface area (Å²) in [5.74, 6) is -0.522. The summed E-state index contributed by atoms with van der Waals surface area (Å²) in [6.07, 6.45) is 5.19. The number of allylic oxidation sites excluding steroid dienone is 1. The van der Waals surface area contributed by atoms with Crippen molar-refractivity contribution in [2.75, 3.05) is 26.6 Å². The van der Waals surface area contributed by atoms with Gasteiger partial charge in [-0.1, -0.05) is 41.9 Å². The highest BCUT2D eigenvalue weighted by atomic mass is 127. The van der Waals surface area contributed by atoms with Crippen LogP contribution in [0.4, 0.5) is 8.78 Å². The first-order valence-corrected chi connectivity index (χ1v) is 9.05. The fourth-order valence-corrected chi connectivity index (χ4v) is 2.77. The lowest BCUT2D eigenvalue weighted by atomic mass is 9.96. The van der Waals surface area contributed by atoms with E-state index in [-0.39, 0.29) is 35.6 Å². The molecule has 26 heavy (non-hydrogen) atoms. The van der Waals surface area contributed by atoms with E-state index >= 15 is 0 Å². The van der Waals surface area contributed by atoms with Crippen molar-refractivity contribution in [1.82, 2.24) is 0 Å². The Morgan fingerprint density at radius 2 is 1.35 bits per heavy atom. The average molecular weight is 492 g/mol. The molecule has 0 bridgehead atoms. The summed E-state index contributed by atoms with van der Waals surface area (Å²) < 4.78 is 27.2. The van der Waals surface area contributed by atoms with Crippen molar-refractivity contribution in [2.24, 2.45) is 0 Å². The number of quaternary nitrogens is 1. The smallest absolute Gasteiger partial charge is 0.154 e. The molecule has 0 aliphatic carbocycles. The summed E-state index contributed by atoms with van der Waals surface area (Å²) in [4.78, 5) is 0. The molecule has 0 amide bonds. The molecule has 0 heterocycles. The Hall–Kier alpha value is -0.980. The largest absolute Gasteiger partial charge is 1.00 e. The number of nitrogens with zero attached hydrogens (tertiary/aromatic N) is 1. The fourth-order valence-electron chi connectivity index (χ4n) is 2.65. The van der Waals surface area contributed by atoms with Crippen LogP contribution in [0.3, 0.4) is 0 Å². The van der Waals surface area contributed by atoms with Gasteiger partial charge in [-0.05, 0) is 60.2 Å². The average Bonchev–Trinajstić information content (AvgIpc) is 2.60. The van der Waals surface area contributed by atoms with Crippen molar-refractivity contribution in [3.05, 3.63) is 77.4 Å². The highest BCUT2D eigenvalue weighted by Crippen LogP contribution is 2.25. The second-order valence-corrected chi connectivity index (χ2v) is 7.15. The van der Waals surface area contributed by atoms with Crippen LogP contribution in [0.2, 0.25) is 0 Å². The van der Waals surface area contributed by atoms with E-state index in [1.165, 1.54) is 24.3 Å². The molecular weight excluding hydrogens is 467 g/mol. The molecule has 2 aromatic rings. The predicted molar refractivity (Wildman–Crippen MR) is 101 cm³/mol. The molecule has 0 radical (unpaired) electrons. The van der Waals surface area contributed by atoms with E-state index in [4.69, 9.17) is 11.6 Å². The van der Waals surface area contributed by atoms with Gasteiger partial charge in [0.2, 0.25) is 0 Å². The zero-order valence-electron chi connectivity index (χ0n) is 15.2. The van der Waals surface area contributed by atoms with Gasteiger partial charge in [0.05, 0.1) is 20.6 Å². The molecule has 5 heteroatoms. The third-order valence-corrected chi connectivity index (χ3v) is 4.85. The lowest BCUT2D eigenvalue weighted by molar-refractivity contribution is -0.879. The molecule has 142 valence electrons. The summed E-state index contributed by atoms with van der Waals surface area (Å²) in [6.45, 7) is 1.03. The molecule has 0 N–H and O–H groups in total. The summed E-state index contributed by atoms with van der Waals surface area (Å²) in [5.41, 5.74) is 2.88. The molecule has 0 aliphatic heterocycles. The van der Waals surface area contributed by atoms with Gasteiger partial charge in [0.1, 0.15) is 11.6 Å². The van der Waals surface area contributed by atoms with Crippen LogP contribution in [0.1, 0.15) is 30.4 Å². The molecule has 0 aliphatic rings. The Kier molecular flexibility index (Phi) is 9.75. The van der Waals surface area contributed by atoms with Gasteiger partial charge in [-0.25, -0.2) is 8.78 Å². The first kappa shape index (κ1) is 23.1. The summed E-state index contributed by atoms with van der Waals surface area (Å²) in [5, 5.41) is 0. The number of unbranched alkanes of at least 4 members (excludes halogenated alkanes) is 2. The standard InChI is InChI=1S/C21H25ClF2N.HI/c1-25(2,16-22)15-5-3-4-6-21(17-7-11-19(23)12-8-17)18-9-13-20(24)14-10-18;/h6-14H,3-5,15-16H2,1-2H3;1H/q+1;/p-1. The Bertz CT molecular complexity index is 649. The summed E-state index contributed by atoms with van der Waals surface area (Å²) in [7, 11) is 4.23.